The molecule has 0 fully saturated rings. The highest BCUT2D eigenvalue weighted by Gasteiger charge is 2.33. The number of ketones is 1. The Bertz CT molecular complexity index is 1320. The Morgan fingerprint density at radius 2 is 1.34 bits per heavy atom. The average molecular weight is 375 g/mol. The SMILES string of the molecule is O=C1C(C(=Nc2ccc3ccccc3c2)c2ccccc2)=C(O)c2ccccc21. The zero-order chi connectivity index (χ0) is 19.8. The molecule has 29 heavy (non-hydrogen) atoms. The van der Waals surface area contributed by atoms with Crippen LogP contribution in [0.5, 0.6) is 0 Å². The summed E-state index contributed by atoms with van der Waals surface area (Å²) in [5.41, 5.74) is 3.27. The lowest BCUT2D eigenvalue weighted by atomic mass is 9.99. The molecule has 1 N–H and O–H groups in total. The van der Waals surface area contributed by atoms with Gasteiger partial charge in [0.2, 0.25) is 0 Å². The second kappa shape index (κ2) is 6.88. The van der Waals surface area contributed by atoms with Gasteiger partial charge in [-0.3, -0.25) is 4.79 Å². The Labute approximate surface area is 168 Å². The Hall–Kier alpha value is -3.98. The summed E-state index contributed by atoms with van der Waals surface area (Å²) in [5.74, 6) is -0.226. The van der Waals surface area contributed by atoms with Crippen LogP contribution in [0.25, 0.3) is 16.5 Å². The minimum Gasteiger partial charge on any atom is -0.506 e. The molecule has 0 unspecified atom stereocenters. The number of aliphatic imine (C=N–C) groups is 1. The van der Waals surface area contributed by atoms with Crippen molar-refractivity contribution in [3.05, 3.63) is 119 Å². The third-order valence-electron chi connectivity index (χ3n) is 5.15. The Balaban J connectivity index is 1.72. The van der Waals surface area contributed by atoms with Crippen LogP contribution in [-0.2, 0) is 0 Å². The van der Waals surface area contributed by atoms with Crippen molar-refractivity contribution in [2.75, 3.05) is 0 Å². The molecule has 0 saturated carbocycles. The fourth-order valence-corrected chi connectivity index (χ4v) is 3.72. The summed E-state index contributed by atoms with van der Waals surface area (Å²) in [6.45, 7) is 0. The lowest BCUT2D eigenvalue weighted by molar-refractivity contribution is 0.104. The van der Waals surface area contributed by atoms with Crippen LogP contribution in [-0.4, -0.2) is 16.6 Å². The van der Waals surface area contributed by atoms with Crippen molar-refractivity contribution in [1.82, 2.24) is 0 Å². The van der Waals surface area contributed by atoms with E-state index in [0.29, 0.717) is 16.8 Å². The van der Waals surface area contributed by atoms with E-state index in [-0.39, 0.29) is 17.1 Å². The van der Waals surface area contributed by atoms with E-state index in [1.165, 1.54) is 0 Å². The van der Waals surface area contributed by atoms with Gasteiger partial charge in [0.25, 0.3) is 0 Å². The molecule has 0 heterocycles. The number of fused-ring (bicyclic) bond motifs is 2. The first-order chi connectivity index (χ1) is 14.2. The van der Waals surface area contributed by atoms with Crippen LogP contribution >= 0.6 is 0 Å². The van der Waals surface area contributed by atoms with Crippen molar-refractivity contribution in [2.24, 2.45) is 4.99 Å². The summed E-state index contributed by atoms with van der Waals surface area (Å²) in [7, 11) is 0. The third kappa shape index (κ3) is 2.93. The summed E-state index contributed by atoms with van der Waals surface area (Å²) in [6, 6.07) is 30.6. The first-order valence-corrected chi connectivity index (χ1v) is 9.43. The molecule has 4 aromatic carbocycles. The van der Waals surface area contributed by atoms with Gasteiger partial charge >= 0.3 is 0 Å². The van der Waals surface area contributed by atoms with Crippen LogP contribution in [0.3, 0.4) is 0 Å². The molecule has 0 radical (unpaired) electrons. The Kier molecular flexibility index (Phi) is 4.07. The van der Waals surface area contributed by atoms with Gasteiger partial charge in [-0.15, -0.1) is 0 Å². The normalized spacial score (nSPS) is 13.8. The number of carbonyl (C=O) groups is 1. The van der Waals surface area contributed by atoms with E-state index in [2.05, 4.69) is 0 Å². The maximum atomic E-state index is 13.1. The number of aliphatic hydroxyl groups excluding tert-OH is 1. The number of allylic oxidation sites excluding steroid dienone is 1. The standard InChI is InChI=1S/C26H17NO2/c28-25-21-12-6-7-13-22(21)26(29)23(25)24(18-9-2-1-3-10-18)27-20-15-14-17-8-4-5-11-19(17)16-20/h1-16,28H. The van der Waals surface area contributed by atoms with Crippen LogP contribution in [0, 0.1) is 0 Å². The quantitative estimate of drug-likeness (QED) is 0.438. The van der Waals surface area contributed by atoms with E-state index in [0.717, 1.165) is 22.0 Å². The Morgan fingerprint density at radius 1 is 0.690 bits per heavy atom. The van der Waals surface area contributed by atoms with Crippen LogP contribution in [0.15, 0.2) is 108 Å². The van der Waals surface area contributed by atoms with E-state index in [1.807, 2.05) is 78.9 Å². The number of carbonyl (C=O) groups excluding carboxylic acids is 1. The molecular formula is C26H17NO2. The van der Waals surface area contributed by atoms with Gasteiger partial charge in [0.1, 0.15) is 5.76 Å². The molecule has 1 aliphatic rings. The predicted molar refractivity (Wildman–Crippen MR) is 117 cm³/mol. The van der Waals surface area contributed by atoms with Crippen LogP contribution in [0.1, 0.15) is 21.5 Å². The number of benzene rings is 4. The van der Waals surface area contributed by atoms with E-state index < -0.39 is 0 Å². The molecule has 0 atom stereocenters. The summed E-state index contributed by atoms with van der Waals surface area (Å²) in [6.07, 6.45) is 0. The topological polar surface area (TPSA) is 49.7 Å². The molecule has 5 rings (SSSR count). The third-order valence-corrected chi connectivity index (χ3v) is 5.15. The molecule has 0 aliphatic heterocycles. The van der Waals surface area contributed by atoms with Gasteiger partial charge in [-0.2, -0.15) is 0 Å². The molecule has 0 bridgehead atoms. The molecule has 3 nitrogen and oxygen atoms in total. The summed E-state index contributed by atoms with van der Waals surface area (Å²) in [5, 5.41) is 13.1. The zero-order valence-electron chi connectivity index (χ0n) is 15.5. The van der Waals surface area contributed by atoms with Gasteiger partial charge < -0.3 is 5.11 Å². The Morgan fingerprint density at radius 3 is 2.10 bits per heavy atom. The van der Waals surface area contributed by atoms with Gasteiger partial charge in [-0.1, -0.05) is 84.9 Å². The highest BCUT2D eigenvalue weighted by molar-refractivity contribution is 6.39. The molecule has 3 heteroatoms. The highest BCUT2D eigenvalue weighted by atomic mass is 16.3. The van der Waals surface area contributed by atoms with Gasteiger partial charge in [-0.05, 0) is 22.9 Å². The van der Waals surface area contributed by atoms with Gasteiger partial charge in [0.05, 0.1) is 17.0 Å². The fraction of sp³-hybridized carbons (Fsp3) is 0. The molecule has 0 spiro atoms. The molecule has 0 saturated heterocycles. The van der Waals surface area contributed by atoms with Crippen molar-refractivity contribution in [1.29, 1.82) is 0 Å². The molecule has 138 valence electrons. The largest absolute Gasteiger partial charge is 0.506 e. The van der Waals surface area contributed by atoms with Crippen LogP contribution in [0.2, 0.25) is 0 Å². The smallest absolute Gasteiger partial charge is 0.199 e. The molecule has 0 aromatic heterocycles. The van der Waals surface area contributed by atoms with E-state index in [9.17, 15) is 9.90 Å². The fourth-order valence-electron chi connectivity index (χ4n) is 3.72. The summed E-state index contributed by atoms with van der Waals surface area (Å²) in [4.78, 5) is 17.9. The number of hydrogen-bond acceptors (Lipinski definition) is 3. The number of Topliss-reactive ketones (excluding diaryl/α,β-unsaturated/α-hetero) is 1. The second-order valence-corrected chi connectivity index (χ2v) is 6.96. The summed E-state index contributed by atoms with van der Waals surface area (Å²) >= 11 is 0. The van der Waals surface area contributed by atoms with E-state index in [1.54, 1.807) is 18.2 Å². The van der Waals surface area contributed by atoms with Gasteiger partial charge in [0, 0.05) is 16.7 Å². The number of aliphatic hydroxyl groups is 1. The molecular weight excluding hydrogens is 358 g/mol. The number of nitrogens with zero attached hydrogens (tertiary/aromatic N) is 1. The molecule has 1 aliphatic carbocycles. The van der Waals surface area contributed by atoms with Crippen LogP contribution < -0.4 is 0 Å². The summed E-state index contributed by atoms with van der Waals surface area (Å²) < 4.78 is 0. The second-order valence-electron chi connectivity index (χ2n) is 6.96. The lowest BCUT2D eigenvalue weighted by Crippen LogP contribution is -2.12. The monoisotopic (exact) mass is 375 g/mol. The zero-order valence-corrected chi connectivity index (χ0v) is 15.5. The minimum absolute atomic E-state index is 0.0195. The first kappa shape index (κ1) is 17.1. The predicted octanol–water partition coefficient (Wildman–Crippen LogP) is 6.13. The minimum atomic E-state index is -0.207. The van der Waals surface area contributed by atoms with Gasteiger partial charge in [0.15, 0.2) is 5.78 Å². The molecule has 4 aromatic rings. The van der Waals surface area contributed by atoms with Crippen molar-refractivity contribution in [3.8, 4) is 0 Å². The van der Waals surface area contributed by atoms with Crippen LogP contribution in [0.4, 0.5) is 5.69 Å². The maximum absolute atomic E-state index is 13.1. The highest BCUT2D eigenvalue weighted by Crippen LogP contribution is 2.34. The maximum Gasteiger partial charge on any atom is 0.199 e. The first-order valence-electron chi connectivity index (χ1n) is 9.43. The number of hydrogen-bond donors (Lipinski definition) is 1. The van der Waals surface area contributed by atoms with Crippen molar-refractivity contribution >= 4 is 33.7 Å². The van der Waals surface area contributed by atoms with E-state index >= 15 is 0 Å². The number of rotatable bonds is 3. The average Bonchev–Trinajstić information content (AvgIpc) is 3.03. The van der Waals surface area contributed by atoms with Crippen molar-refractivity contribution in [3.63, 3.8) is 0 Å². The van der Waals surface area contributed by atoms with Crippen molar-refractivity contribution in [2.45, 2.75) is 0 Å². The lowest BCUT2D eigenvalue weighted by Gasteiger charge is -2.09. The van der Waals surface area contributed by atoms with Gasteiger partial charge in [-0.25, -0.2) is 4.99 Å². The molecule has 0 amide bonds. The van der Waals surface area contributed by atoms with Crippen molar-refractivity contribution < 1.29 is 9.90 Å². The van der Waals surface area contributed by atoms with E-state index in [4.69, 9.17) is 4.99 Å².